The Bertz CT molecular complexity index is 563. The maximum absolute atomic E-state index is 12.1. The Balaban J connectivity index is 2.17. The predicted molar refractivity (Wildman–Crippen MR) is 75.8 cm³/mol. The highest BCUT2D eigenvalue weighted by molar-refractivity contribution is 5.99. The number of hydrogen-bond donors (Lipinski definition) is 2. The molecule has 1 aliphatic rings. The SMILES string of the molecule is COc1cc(C(=O)NC2(C(=O)O)CC2)ccc1OC(C)C. The van der Waals surface area contributed by atoms with Crippen molar-refractivity contribution in [2.75, 3.05) is 7.11 Å². The number of amides is 1. The zero-order valence-corrected chi connectivity index (χ0v) is 12.3. The largest absolute Gasteiger partial charge is 0.493 e. The van der Waals surface area contributed by atoms with Gasteiger partial charge in [0.15, 0.2) is 11.5 Å². The molecule has 1 aliphatic carbocycles. The first kappa shape index (κ1) is 15.2. The van der Waals surface area contributed by atoms with E-state index in [0.717, 1.165) is 0 Å². The van der Waals surface area contributed by atoms with Gasteiger partial charge in [0.2, 0.25) is 0 Å². The monoisotopic (exact) mass is 293 g/mol. The van der Waals surface area contributed by atoms with Crippen LogP contribution in [-0.2, 0) is 4.79 Å². The van der Waals surface area contributed by atoms with Gasteiger partial charge < -0.3 is 19.9 Å². The summed E-state index contributed by atoms with van der Waals surface area (Å²) in [6.45, 7) is 3.79. The Morgan fingerprint density at radius 2 is 1.95 bits per heavy atom. The number of aliphatic carboxylic acids is 1. The molecule has 1 amide bonds. The average Bonchev–Trinajstić information content (AvgIpc) is 3.19. The van der Waals surface area contributed by atoms with Gasteiger partial charge in [-0.3, -0.25) is 4.79 Å². The van der Waals surface area contributed by atoms with Crippen LogP contribution in [0.2, 0.25) is 0 Å². The summed E-state index contributed by atoms with van der Waals surface area (Å²) < 4.78 is 10.8. The third-order valence-electron chi connectivity index (χ3n) is 3.30. The number of methoxy groups -OCH3 is 1. The van der Waals surface area contributed by atoms with E-state index in [2.05, 4.69) is 5.32 Å². The summed E-state index contributed by atoms with van der Waals surface area (Å²) in [6.07, 6.45) is 0.903. The Morgan fingerprint density at radius 3 is 2.43 bits per heavy atom. The van der Waals surface area contributed by atoms with Crippen molar-refractivity contribution in [2.45, 2.75) is 38.3 Å². The lowest BCUT2D eigenvalue weighted by Gasteiger charge is -2.16. The zero-order chi connectivity index (χ0) is 15.6. The maximum atomic E-state index is 12.1. The molecule has 0 bridgehead atoms. The molecule has 21 heavy (non-hydrogen) atoms. The van der Waals surface area contributed by atoms with Crippen LogP contribution in [0.15, 0.2) is 18.2 Å². The van der Waals surface area contributed by atoms with E-state index in [1.165, 1.54) is 7.11 Å². The Kier molecular flexibility index (Phi) is 4.06. The number of nitrogens with one attached hydrogen (secondary N) is 1. The number of carboxylic acid groups (broad SMARTS) is 1. The molecule has 0 atom stereocenters. The number of carboxylic acids is 1. The first-order valence-electron chi connectivity index (χ1n) is 6.78. The van der Waals surface area contributed by atoms with Crippen LogP contribution in [0.4, 0.5) is 0 Å². The van der Waals surface area contributed by atoms with Gasteiger partial charge in [-0.05, 0) is 44.9 Å². The highest BCUT2D eigenvalue weighted by atomic mass is 16.5. The minimum atomic E-state index is -1.10. The molecule has 0 radical (unpaired) electrons. The van der Waals surface area contributed by atoms with E-state index in [1.807, 2.05) is 13.8 Å². The molecule has 1 fully saturated rings. The fourth-order valence-electron chi connectivity index (χ4n) is 1.97. The molecular formula is C15H19NO5. The van der Waals surface area contributed by atoms with E-state index in [9.17, 15) is 9.59 Å². The van der Waals surface area contributed by atoms with Gasteiger partial charge in [-0.1, -0.05) is 0 Å². The number of carbonyl (C=O) groups excluding carboxylic acids is 1. The predicted octanol–water partition coefficient (Wildman–Crippen LogP) is 1.83. The summed E-state index contributed by atoms with van der Waals surface area (Å²) in [5.74, 6) is -0.438. The van der Waals surface area contributed by atoms with Gasteiger partial charge in [0.1, 0.15) is 5.54 Å². The van der Waals surface area contributed by atoms with Gasteiger partial charge in [-0.25, -0.2) is 4.79 Å². The number of rotatable bonds is 6. The highest BCUT2D eigenvalue weighted by Gasteiger charge is 2.51. The minimum Gasteiger partial charge on any atom is -0.493 e. The fourth-order valence-corrected chi connectivity index (χ4v) is 1.97. The van der Waals surface area contributed by atoms with Crippen LogP contribution in [0.5, 0.6) is 11.5 Å². The second-order valence-electron chi connectivity index (χ2n) is 5.37. The lowest BCUT2D eigenvalue weighted by molar-refractivity contribution is -0.140. The summed E-state index contributed by atoms with van der Waals surface area (Å²) in [7, 11) is 1.49. The lowest BCUT2D eigenvalue weighted by Crippen LogP contribution is -2.43. The van der Waals surface area contributed by atoms with Crippen molar-refractivity contribution in [3.05, 3.63) is 23.8 Å². The van der Waals surface area contributed by atoms with Crippen LogP contribution < -0.4 is 14.8 Å². The average molecular weight is 293 g/mol. The molecule has 1 aromatic carbocycles. The molecule has 0 aromatic heterocycles. The normalized spacial score (nSPS) is 15.4. The van der Waals surface area contributed by atoms with Crippen molar-refractivity contribution < 1.29 is 24.2 Å². The molecule has 0 unspecified atom stereocenters. The minimum absolute atomic E-state index is 0.0136. The summed E-state index contributed by atoms with van der Waals surface area (Å²) >= 11 is 0. The van der Waals surface area contributed by atoms with Crippen molar-refractivity contribution in [1.82, 2.24) is 5.32 Å². The van der Waals surface area contributed by atoms with Crippen molar-refractivity contribution in [1.29, 1.82) is 0 Å². The number of carbonyl (C=O) groups is 2. The Labute approximate surface area is 123 Å². The van der Waals surface area contributed by atoms with E-state index in [1.54, 1.807) is 18.2 Å². The summed E-state index contributed by atoms with van der Waals surface area (Å²) in [5.41, 5.74) is -0.757. The van der Waals surface area contributed by atoms with Crippen molar-refractivity contribution in [3.8, 4) is 11.5 Å². The van der Waals surface area contributed by atoms with Crippen LogP contribution in [0, 0.1) is 0 Å². The molecule has 0 spiro atoms. The second-order valence-corrected chi connectivity index (χ2v) is 5.37. The van der Waals surface area contributed by atoms with E-state index in [-0.39, 0.29) is 6.10 Å². The third-order valence-corrected chi connectivity index (χ3v) is 3.30. The molecule has 0 heterocycles. The van der Waals surface area contributed by atoms with Gasteiger partial charge in [-0.15, -0.1) is 0 Å². The molecule has 2 N–H and O–H groups in total. The van der Waals surface area contributed by atoms with Crippen LogP contribution in [0.3, 0.4) is 0 Å². The van der Waals surface area contributed by atoms with Crippen molar-refractivity contribution in [2.24, 2.45) is 0 Å². The third kappa shape index (κ3) is 3.26. The topological polar surface area (TPSA) is 84.9 Å². The number of benzene rings is 1. The first-order chi connectivity index (χ1) is 9.88. The highest BCUT2D eigenvalue weighted by Crippen LogP contribution is 2.36. The molecular weight excluding hydrogens is 274 g/mol. The molecule has 1 saturated carbocycles. The van der Waals surface area contributed by atoms with E-state index < -0.39 is 17.4 Å². The van der Waals surface area contributed by atoms with E-state index in [0.29, 0.717) is 29.9 Å². The molecule has 0 saturated heterocycles. The smallest absolute Gasteiger partial charge is 0.329 e. The summed E-state index contributed by atoms with van der Waals surface area (Å²) in [4.78, 5) is 23.2. The van der Waals surface area contributed by atoms with Crippen LogP contribution >= 0.6 is 0 Å². The second kappa shape index (κ2) is 5.63. The molecule has 0 aliphatic heterocycles. The quantitative estimate of drug-likeness (QED) is 0.836. The Hall–Kier alpha value is -2.24. The van der Waals surface area contributed by atoms with E-state index >= 15 is 0 Å². The fraction of sp³-hybridized carbons (Fsp3) is 0.467. The van der Waals surface area contributed by atoms with Crippen LogP contribution in [-0.4, -0.2) is 35.7 Å². The first-order valence-corrected chi connectivity index (χ1v) is 6.78. The Morgan fingerprint density at radius 1 is 1.29 bits per heavy atom. The van der Waals surface area contributed by atoms with E-state index in [4.69, 9.17) is 14.6 Å². The standard InChI is InChI=1S/C15H19NO5/c1-9(2)21-11-5-4-10(8-12(11)20-3)13(17)16-15(6-7-15)14(18)19/h4-5,8-9H,6-7H2,1-3H3,(H,16,17)(H,18,19). The van der Waals surface area contributed by atoms with Crippen molar-refractivity contribution in [3.63, 3.8) is 0 Å². The molecule has 1 aromatic rings. The van der Waals surface area contributed by atoms with Crippen molar-refractivity contribution >= 4 is 11.9 Å². The van der Waals surface area contributed by atoms with Gasteiger partial charge in [-0.2, -0.15) is 0 Å². The van der Waals surface area contributed by atoms with Gasteiger partial charge in [0.05, 0.1) is 13.2 Å². The zero-order valence-electron chi connectivity index (χ0n) is 12.3. The molecule has 2 rings (SSSR count). The maximum Gasteiger partial charge on any atom is 0.329 e. The van der Waals surface area contributed by atoms with Crippen LogP contribution in [0.25, 0.3) is 0 Å². The molecule has 6 nitrogen and oxygen atoms in total. The number of hydrogen-bond acceptors (Lipinski definition) is 4. The molecule has 114 valence electrons. The van der Waals surface area contributed by atoms with Gasteiger partial charge >= 0.3 is 5.97 Å². The van der Waals surface area contributed by atoms with Gasteiger partial charge in [0.25, 0.3) is 5.91 Å². The van der Waals surface area contributed by atoms with Gasteiger partial charge in [0, 0.05) is 5.56 Å². The molecule has 6 heteroatoms. The summed E-state index contributed by atoms with van der Waals surface area (Å²) in [6, 6.07) is 4.78. The summed E-state index contributed by atoms with van der Waals surface area (Å²) in [5, 5.41) is 11.6. The van der Waals surface area contributed by atoms with Crippen LogP contribution in [0.1, 0.15) is 37.0 Å². The number of ether oxygens (including phenoxy) is 2. The lowest BCUT2D eigenvalue weighted by atomic mass is 10.1.